The zero-order chi connectivity index (χ0) is 18.3. The van der Waals surface area contributed by atoms with Crippen LogP contribution < -0.4 is 0 Å². The Kier molecular flexibility index (Phi) is 4.41. The maximum absolute atomic E-state index is 12.0. The van der Waals surface area contributed by atoms with Crippen LogP contribution in [0.25, 0.3) is 6.08 Å². The molecule has 1 aromatic carbocycles. The molecular formula is C20H22O5. The number of allylic oxidation sites excluding steroid dienone is 2. The van der Waals surface area contributed by atoms with Crippen molar-refractivity contribution < 1.29 is 24.5 Å². The molecule has 0 fully saturated rings. The molecule has 2 unspecified atom stereocenters. The monoisotopic (exact) mass is 342 g/mol. The Morgan fingerprint density at radius 3 is 2.88 bits per heavy atom. The first-order valence-electron chi connectivity index (χ1n) is 8.44. The number of carbonyl (C=O) groups is 2. The fourth-order valence-electron chi connectivity index (χ4n) is 3.84. The molecule has 1 aliphatic carbocycles. The Labute approximate surface area is 146 Å². The van der Waals surface area contributed by atoms with E-state index in [1.165, 1.54) is 0 Å². The van der Waals surface area contributed by atoms with Crippen molar-refractivity contribution in [1.29, 1.82) is 0 Å². The van der Waals surface area contributed by atoms with Crippen molar-refractivity contribution in [1.82, 2.24) is 0 Å². The molecule has 0 saturated heterocycles. The number of esters is 1. The van der Waals surface area contributed by atoms with Gasteiger partial charge in [-0.1, -0.05) is 31.2 Å². The number of hydrogen-bond acceptors (Lipinski definition) is 4. The van der Waals surface area contributed by atoms with E-state index in [2.05, 4.69) is 6.58 Å². The van der Waals surface area contributed by atoms with Crippen LogP contribution in [0.15, 0.2) is 18.2 Å². The molecule has 0 saturated carbocycles. The maximum atomic E-state index is 12.0. The lowest BCUT2D eigenvalue weighted by atomic mass is 9.89. The topological polar surface area (TPSA) is 83.8 Å². The number of phenolic OH excluding ortho intramolecular Hbond substituents is 1. The van der Waals surface area contributed by atoms with Crippen molar-refractivity contribution in [2.45, 2.75) is 39.7 Å². The molecule has 0 spiro atoms. The highest BCUT2D eigenvalue weighted by Crippen LogP contribution is 2.41. The van der Waals surface area contributed by atoms with E-state index in [4.69, 9.17) is 4.74 Å². The Morgan fingerprint density at radius 1 is 1.52 bits per heavy atom. The van der Waals surface area contributed by atoms with E-state index >= 15 is 0 Å². The van der Waals surface area contributed by atoms with Gasteiger partial charge in [-0.2, -0.15) is 0 Å². The van der Waals surface area contributed by atoms with Crippen LogP contribution in [0, 0.1) is 18.8 Å². The van der Waals surface area contributed by atoms with Crippen molar-refractivity contribution in [3.63, 3.8) is 0 Å². The highest BCUT2D eigenvalue weighted by Gasteiger charge is 2.32. The van der Waals surface area contributed by atoms with Gasteiger partial charge in [-0.05, 0) is 43.2 Å². The van der Waals surface area contributed by atoms with Gasteiger partial charge < -0.3 is 14.9 Å². The second kappa shape index (κ2) is 6.39. The van der Waals surface area contributed by atoms with Gasteiger partial charge in [-0.3, -0.25) is 4.79 Å². The number of benzene rings is 1. The molecule has 1 heterocycles. The SMILES string of the molecule is C=Cc1c(C)c2c(c(O)c1CC1=CC(C(C)C(=O)O)CC1)C(=O)OC2. The summed E-state index contributed by atoms with van der Waals surface area (Å²) in [5.41, 5.74) is 4.45. The number of carboxylic acid groups (broad SMARTS) is 1. The zero-order valence-corrected chi connectivity index (χ0v) is 14.5. The van der Waals surface area contributed by atoms with Crippen LogP contribution in [0.2, 0.25) is 0 Å². The van der Waals surface area contributed by atoms with E-state index in [-0.39, 0.29) is 23.8 Å². The first-order chi connectivity index (χ1) is 11.8. The predicted molar refractivity (Wildman–Crippen MR) is 93.4 cm³/mol. The number of ether oxygens (including phenoxy) is 1. The molecule has 0 bridgehead atoms. The summed E-state index contributed by atoms with van der Waals surface area (Å²) in [6.07, 6.45) is 5.77. The number of aromatic hydroxyl groups is 1. The average Bonchev–Trinajstić information content (AvgIpc) is 3.19. The van der Waals surface area contributed by atoms with Gasteiger partial charge in [-0.25, -0.2) is 4.79 Å². The number of fused-ring (bicyclic) bond motifs is 1. The summed E-state index contributed by atoms with van der Waals surface area (Å²) in [6.45, 7) is 7.64. The minimum Gasteiger partial charge on any atom is -0.507 e. The van der Waals surface area contributed by atoms with Crippen LogP contribution in [0.3, 0.4) is 0 Å². The Bertz CT molecular complexity index is 803. The quantitative estimate of drug-likeness (QED) is 0.631. The number of phenols is 1. The molecular weight excluding hydrogens is 320 g/mol. The predicted octanol–water partition coefficient (Wildman–Crippen LogP) is 3.61. The van der Waals surface area contributed by atoms with Crippen molar-refractivity contribution in [2.75, 3.05) is 0 Å². The lowest BCUT2D eigenvalue weighted by molar-refractivity contribution is -0.142. The van der Waals surface area contributed by atoms with E-state index in [0.29, 0.717) is 12.0 Å². The highest BCUT2D eigenvalue weighted by atomic mass is 16.5. The molecule has 5 heteroatoms. The van der Waals surface area contributed by atoms with Crippen LogP contribution in [-0.4, -0.2) is 22.2 Å². The number of rotatable bonds is 5. The second-order valence-corrected chi connectivity index (χ2v) is 6.83. The molecule has 5 nitrogen and oxygen atoms in total. The maximum Gasteiger partial charge on any atom is 0.342 e. The van der Waals surface area contributed by atoms with Gasteiger partial charge in [0.15, 0.2) is 0 Å². The van der Waals surface area contributed by atoms with E-state index in [1.54, 1.807) is 13.0 Å². The average molecular weight is 342 g/mol. The van der Waals surface area contributed by atoms with Crippen LogP contribution in [0.1, 0.15) is 52.4 Å². The third-order valence-electron chi connectivity index (χ3n) is 5.45. The number of carbonyl (C=O) groups excluding carboxylic acids is 1. The highest BCUT2D eigenvalue weighted by molar-refractivity contribution is 5.98. The van der Waals surface area contributed by atoms with Gasteiger partial charge in [0.1, 0.15) is 17.9 Å². The largest absolute Gasteiger partial charge is 0.507 e. The molecule has 0 amide bonds. The van der Waals surface area contributed by atoms with E-state index < -0.39 is 17.9 Å². The van der Waals surface area contributed by atoms with Crippen LogP contribution in [0.5, 0.6) is 5.75 Å². The summed E-state index contributed by atoms with van der Waals surface area (Å²) in [5.74, 6) is -1.75. The van der Waals surface area contributed by atoms with Crippen LogP contribution >= 0.6 is 0 Å². The molecule has 2 atom stereocenters. The summed E-state index contributed by atoms with van der Waals surface area (Å²) in [4.78, 5) is 23.1. The zero-order valence-electron chi connectivity index (χ0n) is 14.5. The van der Waals surface area contributed by atoms with Crippen molar-refractivity contribution in [3.05, 3.63) is 46.0 Å². The molecule has 1 aliphatic heterocycles. The molecule has 1 aromatic rings. The van der Waals surface area contributed by atoms with Crippen molar-refractivity contribution in [3.8, 4) is 5.75 Å². The summed E-state index contributed by atoms with van der Waals surface area (Å²) in [6, 6.07) is 0. The standard InChI is InChI=1S/C20H22O5/c1-4-14-11(3)16-9-25-20(24)17(16)18(21)15(14)8-12-5-6-13(7-12)10(2)19(22)23/h4,7,10,13,21H,1,5-6,8-9H2,2-3H3,(H,22,23). The fraction of sp³-hybridized carbons (Fsp3) is 0.400. The molecule has 25 heavy (non-hydrogen) atoms. The van der Waals surface area contributed by atoms with Gasteiger partial charge in [-0.15, -0.1) is 0 Å². The molecule has 2 N–H and O–H groups in total. The Balaban J connectivity index is 1.99. The van der Waals surface area contributed by atoms with E-state index in [1.807, 2.05) is 13.0 Å². The minimum atomic E-state index is -0.798. The summed E-state index contributed by atoms with van der Waals surface area (Å²) < 4.78 is 5.07. The number of cyclic esters (lactones) is 1. The van der Waals surface area contributed by atoms with Gasteiger partial charge in [0.25, 0.3) is 0 Å². The molecule has 132 valence electrons. The van der Waals surface area contributed by atoms with E-state index in [9.17, 15) is 19.8 Å². The summed E-state index contributed by atoms with van der Waals surface area (Å²) in [7, 11) is 0. The van der Waals surface area contributed by atoms with Gasteiger partial charge in [0.2, 0.25) is 0 Å². The van der Waals surface area contributed by atoms with E-state index in [0.717, 1.165) is 35.1 Å². The summed E-state index contributed by atoms with van der Waals surface area (Å²) in [5, 5.41) is 19.9. The Hall–Kier alpha value is -2.56. The van der Waals surface area contributed by atoms with Crippen LogP contribution in [0.4, 0.5) is 0 Å². The third kappa shape index (κ3) is 2.84. The smallest absolute Gasteiger partial charge is 0.342 e. The first kappa shape index (κ1) is 17.3. The van der Waals surface area contributed by atoms with Crippen molar-refractivity contribution >= 4 is 18.0 Å². The van der Waals surface area contributed by atoms with Crippen molar-refractivity contribution in [2.24, 2.45) is 11.8 Å². The number of carboxylic acids is 1. The molecule has 0 radical (unpaired) electrons. The summed E-state index contributed by atoms with van der Waals surface area (Å²) >= 11 is 0. The Morgan fingerprint density at radius 2 is 2.24 bits per heavy atom. The first-order valence-corrected chi connectivity index (χ1v) is 8.44. The molecule has 2 aliphatic rings. The lowest BCUT2D eigenvalue weighted by Gasteiger charge is -2.16. The van der Waals surface area contributed by atoms with Gasteiger partial charge >= 0.3 is 11.9 Å². The molecule has 3 rings (SSSR count). The van der Waals surface area contributed by atoms with Gasteiger partial charge in [0, 0.05) is 11.1 Å². The normalized spacial score (nSPS) is 20.0. The number of aliphatic carboxylic acids is 1. The fourth-order valence-corrected chi connectivity index (χ4v) is 3.84. The van der Waals surface area contributed by atoms with Gasteiger partial charge in [0.05, 0.1) is 5.92 Å². The number of hydrogen-bond donors (Lipinski definition) is 2. The lowest BCUT2D eigenvalue weighted by Crippen LogP contribution is -2.17. The molecule has 0 aromatic heterocycles. The van der Waals surface area contributed by atoms with Crippen LogP contribution in [-0.2, 0) is 22.6 Å². The minimum absolute atomic E-state index is 0.00214. The second-order valence-electron chi connectivity index (χ2n) is 6.83. The third-order valence-corrected chi connectivity index (χ3v) is 5.45.